The average molecular weight is 375 g/mol. The van der Waals surface area contributed by atoms with Gasteiger partial charge in [-0.05, 0) is 36.5 Å². The van der Waals surface area contributed by atoms with E-state index >= 15 is 0 Å². The summed E-state index contributed by atoms with van der Waals surface area (Å²) in [5.41, 5.74) is 0.425. The van der Waals surface area contributed by atoms with Gasteiger partial charge in [0.1, 0.15) is 0 Å². The van der Waals surface area contributed by atoms with Gasteiger partial charge in [-0.3, -0.25) is 14.8 Å². The molecule has 1 aliphatic rings. The second-order valence-corrected chi connectivity index (χ2v) is 8.13. The van der Waals surface area contributed by atoms with Crippen molar-refractivity contribution in [1.29, 1.82) is 0 Å². The minimum atomic E-state index is -4.00. The average Bonchev–Trinajstić information content (AvgIpc) is 2.64. The van der Waals surface area contributed by atoms with E-state index < -0.39 is 20.7 Å². The number of nitro groups is 1. The third kappa shape index (κ3) is 3.96. The molecule has 0 aliphatic heterocycles. The molecule has 7 nitrogen and oxygen atoms in total. The first-order chi connectivity index (χ1) is 12.4. The molecular weight excluding hydrogens is 356 g/mol. The topological polar surface area (TPSA) is 112 Å². The second kappa shape index (κ2) is 7.33. The van der Waals surface area contributed by atoms with E-state index in [4.69, 9.17) is 0 Å². The minimum Gasteiger partial charge on any atom is -0.871 e. The summed E-state index contributed by atoms with van der Waals surface area (Å²) in [5.74, 6) is -0.170. The van der Waals surface area contributed by atoms with Crippen LogP contribution in [0.5, 0.6) is 5.75 Å². The first-order valence-electron chi connectivity index (χ1n) is 8.45. The van der Waals surface area contributed by atoms with Crippen molar-refractivity contribution in [2.45, 2.75) is 42.9 Å². The number of anilines is 1. The van der Waals surface area contributed by atoms with Gasteiger partial charge in [-0.1, -0.05) is 43.2 Å². The summed E-state index contributed by atoms with van der Waals surface area (Å²) >= 11 is 0. The van der Waals surface area contributed by atoms with Crippen LogP contribution in [0.1, 0.15) is 43.6 Å². The number of non-ortho nitro benzene ring substituents is 1. The molecule has 0 amide bonds. The van der Waals surface area contributed by atoms with Crippen molar-refractivity contribution in [3.8, 4) is 5.75 Å². The molecular formula is C18H19N2O5S-. The highest BCUT2D eigenvalue weighted by Crippen LogP contribution is 2.33. The highest BCUT2D eigenvalue weighted by atomic mass is 32.2. The molecule has 3 rings (SSSR count). The van der Waals surface area contributed by atoms with Gasteiger partial charge >= 0.3 is 0 Å². The van der Waals surface area contributed by atoms with Crippen LogP contribution < -0.4 is 9.83 Å². The van der Waals surface area contributed by atoms with Gasteiger partial charge in [-0.15, -0.1) is 0 Å². The number of rotatable bonds is 5. The quantitative estimate of drug-likeness (QED) is 0.635. The summed E-state index contributed by atoms with van der Waals surface area (Å²) in [6.07, 6.45) is 5.83. The fraction of sp³-hybridized carbons (Fsp3) is 0.333. The summed E-state index contributed by atoms with van der Waals surface area (Å²) in [6, 6.07) is 9.56. The van der Waals surface area contributed by atoms with E-state index in [0.717, 1.165) is 36.6 Å². The molecule has 2 aromatic carbocycles. The van der Waals surface area contributed by atoms with Gasteiger partial charge in [-0.2, -0.15) is 0 Å². The lowest BCUT2D eigenvalue weighted by atomic mass is 9.84. The first-order valence-corrected chi connectivity index (χ1v) is 9.93. The minimum absolute atomic E-state index is 0.0166. The number of hydrogen-bond donors (Lipinski definition) is 1. The van der Waals surface area contributed by atoms with E-state index in [1.54, 1.807) is 12.1 Å². The molecule has 0 heterocycles. The van der Waals surface area contributed by atoms with Crippen LogP contribution in [-0.2, 0) is 10.0 Å². The van der Waals surface area contributed by atoms with Crippen molar-refractivity contribution in [1.82, 2.24) is 0 Å². The lowest BCUT2D eigenvalue weighted by molar-refractivity contribution is -0.385. The number of nitrogens with one attached hydrogen (secondary N) is 1. The fourth-order valence-electron chi connectivity index (χ4n) is 3.27. The van der Waals surface area contributed by atoms with Crippen molar-refractivity contribution < 1.29 is 18.4 Å². The maximum absolute atomic E-state index is 12.5. The van der Waals surface area contributed by atoms with Crippen molar-refractivity contribution in [3.63, 3.8) is 0 Å². The molecule has 0 unspecified atom stereocenters. The summed E-state index contributed by atoms with van der Waals surface area (Å²) in [5, 5.41) is 22.6. The third-order valence-corrected chi connectivity index (χ3v) is 6.07. The molecule has 0 atom stereocenters. The van der Waals surface area contributed by atoms with E-state index in [0.29, 0.717) is 5.92 Å². The molecule has 0 radical (unpaired) electrons. The molecule has 1 N–H and O–H groups in total. The van der Waals surface area contributed by atoms with Crippen molar-refractivity contribution in [3.05, 3.63) is 58.1 Å². The molecule has 0 spiro atoms. The standard InChI is InChI=1S/C18H20N2O5S/c21-18-11-8-15(20(22)23)12-17(18)19-26(24,25)16-9-6-14(7-10-16)13-4-2-1-3-5-13/h6-13,19,21H,1-5H2/p-1. The van der Waals surface area contributed by atoms with Gasteiger partial charge in [0, 0.05) is 17.8 Å². The molecule has 2 aromatic rings. The molecule has 1 fully saturated rings. The lowest BCUT2D eigenvalue weighted by Gasteiger charge is -2.22. The summed E-state index contributed by atoms with van der Waals surface area (Å²) < 4.78 is 27.2. The molecule has 0 bridgehead atoms. The van der Waals surface area contributed by atoms with Crippen LogP contribution >= 0.6 is 0 Å². The Bertz CT molecular complexity index is 904. The maximum atomic E-state index is 12.5. The molecule has 138 valence electrons. The van der Waals surface area contributed by atoms with Gasteiger partial charge in [-0.25, -0.2) is 8.42 Å². The number of sulfonamides is 1. The molecule has 1 aliphatic carbocycles. The smallest absolute Gasteiger partial charge is 0.271 e. The molecule has 8 heteroatoms. The molecule has 26 heavy (non-hydrogen) atoms. The van der Waals surface area contributed by atoms with Crippen LogP contribution in [0, 0.1) is 10.1 Å². The summed E-state index contributed by atoms with van der Waals surface area (Å²) in [4.78, 5) is 10.1. The largest absolute Gasteiger partial charge is 0.871 e. The SMILES string of the molecule is O=[N+]([O-])c1ccc([O-])c(NS(=O)(=O)c2ccc(C3CCCCC3)cc2)c1. The van der Waals surface area contributed by atoms with Crippen molar-refractivity contribution in [2.24, 2.45) is 0 Å². The Kier molecular flexibility index (Phi) is 5.13. The molecule has 0 saturated heterocycles. The van der Waals surface area contributed by atoms with Crippen LogP contribution in [0.2, 0.25) is 0 Å². The zero-order chi connectivity index (χ0) is 18.7. The number of benzene rings is 2. The zero-order valence-electron chi connectivity index (χ0n) is 14.1. The Morgan fingerprint density at radius 1 is 1.00 bits per heavy atom. The Morgan fingerprint density at radius 3 is 2.27 bits per heavy atom. The number of nitro benzene ring substituents is 1. The third-order valence-electron chi connectivity index (χ3n) is 4.69. The lowest BCUT2D eigenvalue weighted by Crippen LogP contribution is -2.15. The normalized spacial score (nSPS) is 15.5. The van der Waals surface area contributed by atoms with Crippen molar-refractivity contribution in [2.75, 3.05) is 4.72 Å². The van der Waals surface area contributed by atoms with Crippen LogP contribution in [0.15, 0.2) is 47.4 Å². The van der Waals surface area contributed by atoms with Gasteiger partial charge in [0.15, 0.2) is 0 Å². The Hall–Kier alpha value is -2.61. The van der Waals surface area contributed by atoms with E-state index in [-0.39, 0.29) is 16.3 Å². The van der Waals surface area contributed by atoms with Crippen LogP contribution in [0.25, 0.3) is 0 Å². The predicted octanol–water partition coefficient (Wildman–Crippen LogP) is 3.52. The van der Waals surface area contributed by atoms with E-state index in [2.05, 4.69) is 4.72 Å². The number of hydrogen-bond acceptors (Lipinski definition) is 5. The Morgan fingerprint density at radius 2 is 1.65 bits per heavy atom. The predicted molar refractivity (Wildman–Crippen MR) is 95.6 cm³/mol. The van der Waals surface area contributed by atoms with Crippen LogP contribution in [-0.4, -0.2) is 13.3 Å². The van der Waals surface area contributed by atoms with E-state index in [9.17, 15) is 23.6 Å². The van der Waals surface area contributed by atoms with Gasteiger partial charge < -0.3 is 5.11 Å². The van der Waals surface area contributed by atoms with Gasteiger partial charge in [0.25, 0.3) is 15.7 Å². The Balaban J connectivity index is 1.82. The van der Waals surface area contributed by atoms with E-state index in [1.807, 2.05) is 0 Å². The number of nitrogens with zero attached hydrogens (tertiary/aromatic N) is 1. The fourth-order valence-corrected chi connectivity index (χ4v) is 4.33. The maximum Gasteiger partial charge on any atom is 0.271 e. The summed E-state index contributed by atoms with van der Waals surface area (Å²) in [7, 11) is -4.00. The highest BCUT2D eigenvalue weighted by Gasteiger charge is 2.19. The molecule has 0 aromatic heterocycles. The Labute approximate surface area is 151 Å². The van der Waals surface area contributed by atoms with Gasteiger partial charge in [0.2, 0.25) is 0 Å². The first kappa shape index (κ1) is 18.2. The van der Waals surface area contributed by atoms with Crippen LogP contribution in [0.4, 0.5) is 11.4 Å². The van der Waals surface area contributed by atoms with Gasteiger partial charge in [0.05, 0.1) is 9.82 Å². The summed E-state index contributed by atoms with van der Waals surface area (Å²) in [6.45, 7) is 0. The monoisotopic (exact) mass is 375 g/mol. The van der Waals surface area contributed by atoms with Crippen LogP contribution in [0.3, 0.4) is 0 Å². The highest BCUT2D eigenvalue weighted by molar-refractivity contribution is 7.92. The second-order valence-electron chi connectivity index (χ2n) is 6.45. The van der Waals surface area contributed by atoms with Crippen molar-refractivity contribution >= 4 is 21.4 Å². The van der Waals surface area contributed by atoms with E-state index in [1.165, 1.54) is 31.4 Å². The molecule has 1 saturated carbocycles. The zero-order valence-corrected chi connectivity index (χ0v) is 14.9.